The fourth-order valence-corrected chi connectivity index (χ4v) is 3.09. The zero-order valence-corrected chi connectivity index (χ0v) is 18.6. The molecule has 2 rings (SSSR count). The normalized spacial score (nSPS) is 12.7. The quantitative estimate of drug-likeness (QED) is 0.180. The summed E-state index contributed by atoms with van der Waals surface area (Å²) >= 11 is 0. The van der Waals surface area contributed by atoms with Crippen molar-refractivity contribution in [2.24, 2.45) is 5.92 Å². The molecule has 1 fully saturated rings. The number of hydrogen-bond acceptors (Lipinski definition) is 4. The van der Waals surface area contributed by atoms with Crippen molar-refractivity contribution in [3.63, 3.8) is 0 Å². The van der Waals surface area contributed by atoms with E-state index in [9.17, 15) is 4.79 Å². The van der Waals surface area contributed by atoms with E-state index < -0.39 is 0 Å². The fourth-order valence-electron chi connectivity index (χ4n) is 3.09. The van der Waals surface area contributed by atoms with Crippen molar-refractivity contribution >= 4 is 5.97 Å². The maximum absolute atomic E-state index is 11.3. The summed E-state index contributed by atoms with van der Waals surface area (Å²) in [7, 11) is 0. The van der Waals surface area contributed by atoms with E-state index in [2.05, 4.69) is 18.8 Å². The summed E-state index contributed by atoms with van der Waals surface area (Å²) in [6, 6.07) is 7.83. The van der Waals surface area contributed by atoms with Crippen LogP contribution in [0.5, 0.6) is 11.5 Å². The van der Waals surface area contributed by atoms with Crippen LogP contribution in [0.4, 0.5) is 0 Å². The largest absolute Gasteiger partial charge is 0.494 e. The monoisotopic (exact) mass is 414 g/mol. The van der Waals surface area contributed by atoms with Crippen molar-refractivity contribution in [1.29, 1.82) is 0 Å². The van der Waals surface area contributed by atoms with Crippen molar-refractivity contribution in [2.45, 2.75) is 84.0 Å². The zero-order valence-electron chi connectivity index (χ0n) is 18.6. The second-order valence-electron chi connectivity index (χ2n) is 7.98. The average Bonchev–Trinajstić information content (AvgIpc) is 3.61. The number of carbonyl (C=O) groups is 1. The molecule has 0 unspecified atom stereocenters. The Balaban J connectivity index is 1.43. The summed E-state index contributed by atoms with van der Waals surface area (Å²) < 4.78 is 16.6. The molecule has 1 aliphatic rings. The molecule has 0 aliphatic heterocycles. The Morgan fingerprint density at radius 3 is 2.00 bits per heavy atom. The van der Waals surface area contributed by atoms with E-state index in [0.29, 0.717) is 6.61 Å². The molecule has 1 aromatic rings. The van der Waals surface area contributed by atoms with E-state index in [4.69, 9.17) is 14.2 Å². The number of carbonyl (C=O) groups excluding carboxylic acids is 1. The minimum Gasteiger partial charge on any atom is -0.494 e. The Bertz CT molecular complexity index is 637. The smallest absolute Gasteiger partial charge is 0.309 e. The second kappa shape index (κ2) is 15.7. The predicted octanol–water partition coefficient (Wildman–Crippen LogP) is 6.32. The summed E-state index contributed by atoms with van der Waals surface area (Å²) in [5.74, 6) is 7.69. The van der Waals surface area contributed by atoms with Gasteiger partial charge in [-0.3, -0.25) is 4.79 Å². The lowest BCUT2D eigenvalue weighted by Gasteiger charge is -2.08. The highest BCUT2D eigenvalue weighted by Crippen LogP contribution is 2.29. The van der Waals surface area contributed by atoms with Crippen molar-refractivity contribution in [3.05, 3.63) is 24.3 Å². The van der Waals surface area contributed by atoms with E-state index in [-0.39, 0.29) is 18.5 Å². The minimum atomic E-state index is -0.0992. The van der Waals surface area contributed by atoms with Crippen LogP contribution in [0.1, 0.15) is 84.0 Å². The van der Waals surface area contributed by atoms with E-state index in [1.807, 2.05) is 24.3 Å². The van der Waals surface area contributed by atoms with Crippen LogP contribution in [0, 0.1) is 17.8 Å². The van der Waals surface area contributed by atoms with E-state index in [1.54, 1.807) is 0 Å². The molecule has 1 aliphatic carbocycles. The summed E-state index contributed by atoms with van der Waals surface area (Å²) in [4.78, 5) is 11.3. The van der Waals surface area contributed by atoms with Gasteiger partial charge in [-0.05, 0) is 49.9 Å². The molecule has 166 valence electrons. The molecule has 1 saturated carbocycles. The molecular formula is C26H38O4. The Hall–Kier alpha value is -2.15. The van der Waals surface area contributed by atoms with Gasteiger partial charge in [0.1, 0.15) is 11.5 Å². The lowest BCUT2D eigenvalue weighted by Crippen LogP contribution is -2.06. The predicted molar refractivity (Wildman–Crippen MR) is 121 cm³/mol. The number of benzene rings is 1. The van der Waals surface area contributed by atoms with Crippen LogP contribution in [0.15, 0.2) is 24.3 Å². The van der Waals surface area contributed by atoms with Gasteiger partial charge in [0.05, 0.1) is 19.1 Å². The molecule has 0 N–H and O–H groups in total. The number of unbranched alkanes of at least 4 members (excludes halogenated alkanes) is 8. The maximum Gasteiger partial charge on any atom is 0.309 e. The maximum atomic E-state index is 11.3. The van der Waals surface area contributed by atoms with Gasteiger partial charge in [-0.1, -0.05) is 63.7 Å². The molecule has 0 bridgehead atoms. The van der Waals surface area contributed by atoms with Gasteiger partial charge in [-0.2, -0.15) is 0 Å². The molecule has 30 heavy (non-hydrogen) atoms. The highest BCUT2D eigenvalue weighted by atomic mass is 16.5. The SMILES string of the molecule is CCCCCCCCCCOc1ccc(OCCCC#CCOC(=O)C2CC2)cc1. The van der Waals surface area contributed by atoms with Gasteiger partial charge >= 0.3 is 5.97 Å². The molecule has 0 atom stereocenters. The van der Waals surface area contributed by atoms with Gasteiger partial charge in [-0.15, -0.1) is 0 Å². The lowest BCUT2D eigenvalue weighted by molar-refractivity contribution is -0.143. The fraction of sp³-hybridized carbons (Fsp3) is 0.654. The Morgan fingerprint density at radius 1 is 0.833 bits per heavy atom. The number of rotatable bonds is 16. The average molecular weight is 415 g/mol. The van der Waals surface area contributed by atoms with Crippen LogP contribution in [0.25, 0.3) is 0 Å². The third kappa shape index (κ3) is 11.8. The van der Waals surface area contributed by atoms with Crippen molar-refractivity contribution < 1.29 is 19.0 Å². The third-order valence-electron chi connectivity index (χ3n) is 5.13. The number of esters is 1. The van der Waals surface area contributed by atoms with Crippen LogP contribution < -0.4 is 9.47 Å². The molecular weight excluding hydrogens is 376 g/mol. The first-order valence-electron chi connectivity index (χ1n) is 11.8. The van der Waals surface area contributed by atoms with E-state index >= 15 is 0 Å². The topological polar surface area (TPSA) is 44.8 Å². The van der Waals surface area contributed by atoms with Crippen LogP contribution in [-0.2, 0) is 9.53 Å². The van der Waals surface area contributed by atoms with Gasteiger partial charge < -0.3 is 14.2 Å². The van der Waals surface area contributed by atoms with E-state index in [1.165, 1.54) is 44.9 Å². The summed E-state index contributed by atoms with van der Waals surface area (Å²) in [6.45, 7) is 3.86. The molecule has 4 nitrogen and oxygen atoms in total. The van der Waals surface area contributed by atoms with Crippen molar-refractivity contribution in [1.82, 2.24) is 0 Å². The Kier molecular flexibility index (Phi) is 12.6. The summed E-state index contributed by atoms with van der Waals surface area (Å²) in [6.07, 6.45) is 14.0. The van der Waals surface area contributed by atoms with Crippen LogP contribution >= 0.6 is 0 Å². The molecule has 0 heterocycles. The molecule has 4 heteroatoms. The number of hydrogen-bond donors (Lipinski definition) is 0. The first-order valence-corrected chi connectivity index (χ1v) is 11.8. The molecule has 0 radical (unpaired) electrons. The second-order valence-corrected chi connectivity index (χ2v) is 7.98. The first-order chi connectivity index (χ1) is 14.8. The highest BCUT2D eigenvalue weighted by molar-refractivity contribution is 5.75. The minimum absolute atomic E-state index is 0.0992. The van der Waals surface area contributed by atoms with Gasteiger partial charge in [0, 0.05) is 6.42 Å². The van der Waals surface area contributed by atoms with Gasteiger partial charge in [-0.25, -0.2) is 0 Å². The van der Waals surface area contributed by atoms with Crippen LogP contribution in [-0.4, -0.2) is 25.8 Å². The molecule has 0 amide bonds. The summed E-state index contributed by atoms with van der Waals surface area (Å²) in [5, 5.41) is 0. The lowest BCUT2D eigenvalue weighted by atomic mass is 10.1. The Labute approximate surface area is 182 Å². The Morgan fingerprint density at radius 2 is 1.40 bits per heavy atom. The van der Waals surface area contributed by atoms with Crippen molar-refractivity contribution in [2.75, 3.05) is 19.8 Å². The highest BCUT2D eigenvalue weighted by Gasteiger charge is 2.30. The van der Waals surface area contributed by atoms with Crippen molar-refractivity contribution in [3.8, 4) is 23.3 Å². The molecule has 0 spiro atoms. The standard InChI is InChI=1S/C26H38O4/c1-2-3-4-5-6-7-8-11-20-28-24-16-18-25(19-17-24)29-21-12-9-10-13-22-30-26(27)23-14-15-23/h16-19,23H,2-9,11-12,14-15,20-22H2,1H3. The zero-order chi connectivity index (χ0) is 21.3. The third-order valence-corrected chi connectivity index (χ3v) is 5.13. The molecule has 1 aromatic carbocycles. The van der Waals surface area contributed by atoms with Crippen LogP contribution in [0.3, 0.4) is 0 Å². The summed E-state index contributed by atoms with van der Waals surface area (Å²) in [5.41, 5.74) is 0. The first kappa shape index (κ1) is 24.1. The molecule has 0 aromatic heterocycles. The molecule has 0 saturated heterocycles. The van der Waals surface area contributed by atoms with Gasteiger partial charge in [0.15, 0.2) is 6.61 Å². The number of ether oxygens (including phenoxy) is 3. The van der Waals surface area contributed by atoms with Gasteiger partial charge in [0.25, 0.3) is 0 Å². The van der Waals surface area contributed by atoms with Crippen LogP contribution in [0.2, 0.25) is 0 Å². The van der Waals surface area contributed by atoms with Gasteiger partial charge in [0.2, 0.25) is 0 Å². The van der Waals surface area contributed by atoms with E-state index in [0.717, 1.165) is 50.2 Å².